The lowest BCUT2D eigenvalue weighted by Crippen LogP contribution is -2.24. The Labute approximate surface area is 124 Å². The van der Waals surface area contributed by atoms with Gasteiger partial charge in [-0.2, -0.15) is 0 Å². The van der Waals surface area contributed by atoms with Crippen molar-refractivity contribution in [2.24, 2.45) is 0 Å². The maximum absolute atomic E-state index is 13.4. The van der Waals surface area contributed by atoms with E-state index in [-0.39, 0.29) is 12.1 Å². The zero-order valence-electron chi connectivity index (χ0n) is 10.1. The summed E-state index contributed by atoms with van der Waals surface area (Å²) in [5.41, 5.74) is 0.420. The van der Waals surface area contributed by atoms with Gasteiger partial charge in [0.1, 0.15) is 11.6 Å². The van der Waals surface area contributed by atoms with Crippen LogP contribution in [0.15, 0.2) is 36.4 Å². The number of nitrogens with one attached hydrogen (secondary N) is 1. The summed E-state index contributed by atoms with van der Waals surface area (Å²) in [7, 11) is 0. The predicted molar refractivity (Wildman–Crippen MR) is 74.0 cm³/mol. The van der Waals surface area contributed by atoms with Crippen LogP contribution in [-0.2, 0) is 6.54 Å². The number of amides is 1. The zero-order chi connectivity index (χ0) is 14.7. The summed E-state index contributed by atoms with van der Waals surface area (Å²) in [6.45, 7) is 0.117. The van der Waals surface area contributed by atoms with Crippen LogP contribution in [0, 0.1) is 11.6 Å². The zero-order valence-corrected chi connectivity index (χ0v) is 11.6. The van der Waals surface area contributed by atoms with Crippen LogP contribution in [-0.4, -0.2) is 5.91 Å². The molecule has 0 unspecified atom stereocenters. The van der Waals surface area contributed by atoms with Gasteiger partial charge in [-0.05, 0) is 29.8 Å². The highest BCUT2D eigenvalue weighted by Gasteiger charge is 2.12. The quantitative estimate of drug-likeness (QED) is 0.903. The molecule has 104 valence electrons. The van der Waals surface area contributed by atoms with Gasteiger partial charge in [0.15, 0.2) is 0 Å². The summed E-state index contributed by atoms with van der Waals surface area (Å²) in [5.74, 6) is -2.29. The summed E-state index contributed by atoms with van der Waals surface area (Å²) in [4.78, 5) is 11.8. The predicted octanol–water partition coefficient (Wildman–Crippen LogP) is 4.20. The van der Waals surface area contributed by atoms with Crippen molar-refractivity contribution in [3.63, 3.8) is 0 Å². The SMILES string of the molecule is O=C(NCc1ccc(Cl)cc1Cl)c1ccc(F)cc1F. The second-order valence-corrected chi connectivity index (χ2v) is 4.89. The largest absolute Gasteiger partial charge is 0.348 e. The van der Waals surface area contributed by atoms with Crippen molar-refractivity contribution in [1.29, 1.82) is 0 Å². The molecule has 1 N–H and O–H groups in total. The van der Waals surface area contributed by atoms with Gasteiger partial charge in [-0.25, -0.2) is 8.78 Å². The van der Waals surface area contributed by atoms with Gasteiger partial charge in [0.2, 0.25) is 0 Å². The third-order valence-corrected chi connectivity index (χ3v) is 3.22. The van der Waals surface area contributed by atoms with E-state index in [0.29, 0.717) is 21.7 Å². The molecular weight excluding hydrogens is 307 g/mol. The first-order valence-corrected chi connectivity index (χ1v) is 6.40. The van der Waals surface area contributed by atoms with Gasteiger partial charge in [0.25, 0.3) is 5.91 Å². The molecule has 20 heavy (non-hydrogen) atoms. The molecule has 2 rings (SSSR count). The molecule has 0 spiro atoms. The minimum absolute atomic E-state index is 0.117. The van der Waals surface area contributed by atoms with Crippen LogP contribution in [0.25, 0.3) is 0 Å². The summed E-state index contributed by atoms with van der Waals surface area (Å²) in [6, 6.07) is 7.60. The monoisotopic (exact) mass is 315 g/mol. The van der Waals surface area contributed by atoms with Crippen LogP contribution in [0.2, 0.25) is 10.0 Å². The number of benzene rings is 2. The maximum Gasteiger partial charge on any atom is 0.254 e. The number of carbonyl (C=O) groups is 1. The first-order valence-electron chi connectivity index (χ1n) is 5.64. The number of hydrogen-bond donors (Lipinski definition) is 1. The fourth-order valence-corrected chi connectivity index (χ4v) is 2.08. The van der Waals surface area contributed by atoms with E-state index in [4.69, 9.17) is 23.2 Å². The highest BCUT2D eigenvalue weighted by molar-refractivity contribution is 6.35. The van der Waals surface area contributed by atoms with E-state index in [1.54, 1.807) is 18.2 Å². The Hall–Kier alpha value is -1.65. The first kappa shape index (κ1) is 14.8. The molecule has 0 fully saturated rings. The highest BCUT2D eigenvalue weighted by atomic mass is 35.5. The minimum Gasteiger partial charge on any atom is -0.348 e. The van der Waals surface area contributed by atoms with Crippen LogP contribution in [0.1, 0.15) is 15.9 Å². The molecule has 2 nitrogen and oxygen atoms in total. The van der Waals surface area contributed by atoms with E-state index in [1.807, 2.05) is 0 Å². The first-order chi connectivity index (χ1) is 9.47. The summed E-state index contributed by atoms with van der Waals surface area (Å²) in [6.07, 6.45) is 0. The lowest BCUT2D eigenvalue weighted by Gasteiger charge is -2.08. The van der Waals surface area contributed by atoms with Gasteiger partial charge >= 0.3 is 0 Å². The topological polar surface area (TPSA) is 29.1 Å². The summed E-state index contributed by atoms with van der Waals surface area (Å²) < 4.78 is 26.2. The van der Waals surface area contributed by atoms with Crippen LogP contribution in [0.3, 0.4) is 0 Å². The number of halogens is 4. The Morgan fingerprint density at radius 2 is 1.85 bits per heavy atom. The second kappa shape index (κ2) is 6.20. The smallest absolute Gasteiger partial charge is 0.254 e. The Bertz CT molecular complexity index is 662. The molecule has 0 heterocycles. The third kappa shape index (κ3) is 3.46. The molecular formula is C14H9Cl2F2NO. The minimum atomic E-state index is -0.912. The van der Waals surface area contributed by atoms with Crippen LogP contribution in [0.5, 0.6) is 0 Å². The lowest BCUT2D eigenvalue weighted by atomic mass is 10.1. The lowest BCUT2D eigenvalue weighted by molar-refractivity contribution is 0.0947. The van der Waals surface area contributed by atoms with Crippen molar-refractivity contribution in [2.75, 3.05) is 0 Å². The second-order valence-electron chi connectivity index (χ2n) is 4.04. The molecule has 0 aliphatic carbocycles. The van der Waals surface area contributed by atoms with E-state index < -0.39 is 17.5 Å². The van der Waals surface area contributed by atoms with Crippen LogP contribution >= 0.6 is 23.2 Å². The van der Waals surface area contributed by atoms with Crippen molar-refractivity contribution in [3.05, 3.63) is 69.2 Å². The molecule has 0 atom stereocenters. The molecule has 6 heteroatoms. The average molecular weight is 316 g/mol. The van der Waals surface area contributed by atoms with E-state index >= 15 is 0 Å². The van der Waals surface area contributed by atoms with Crippen LogP contribution < -0.4 is 5.32 Å². The van der Waals surface area contributed by atoms with E-state index in [9.17, 15) is 13.6 Å². The fourth-order valence-electron chi connectivity index (χ4n) is 1.61. The molecule has 0 saturated carbocycles. The molecule has 2 aromatic carbocycles. The van der Waals surface area contributed by atoms with Gasteiger partial charge in [-0.15, -0.1) is 0 Å². The Morgan fingerprint density at radius 3 is 2.50 bits per heavy atom. The number of rotatable bonds is 3. The van der Waals surface area contributed by atoms with E-state index in [0.717, 1.165) is 12.1 Å². The van der Waals surface area contributed by atoms with Gasteiger partial charge in [0.05, 0.1) is 5.56 Å². The molecule has 0 saturated heterocycles. The number of carbonyl (C=O) groups excluding carboxylic acids is 1. The van der Waals surface area contributed by atoms with Crippen molar-refractivity contribution in [3.8, 4) is 0 Å². The summed E-state index contributed by atoms with van der Waals surface area (Å²) in [5, 5.41) is 3.39. The Morgan fingerprint density at radius 1 is 1.10 bits per heavy atom. The molecule has 0 radical (unpaired) electrons. The van der Waals surface area contributed by atoms with Gasteiger partial charge in [-0.3, -0.25) is 4.79 Å². The van der Waals surface area contributed by atoms with E-state index in [2.05, 4.69) is 5.32 Å². The molecule has 1 amide bonds. The van der Waals surface area contributed by atoms with Gasteiger partial charge in [-0.1, -0.05) is 29.3 Å². The normalized spacial score (nSPS) is 10.4. The molecule has 0 aliphatic rings. The molecule has 0 aromatic heterocycles. The Kier molecular flexibility index (Phi) is 4.57. The van der Waals surface area contributed by atoms with Crippen molar-refractivity contribution in [1.82, 2.24) is 5.32 Å². The van der Waals surface area contributed by atoms with Crippen LogP contribution in [0.4, 0.5) is 8.78 Å². The van der Waals surface area contributed by atoms with E-state index in [1.165, 1.54) is 0 Å². The molecule has 2 aromatic rings. The van der Waals surface area contributed by atoms with Gasteiger partial charge in [0, 0.05) is 22.7 Å². The average Bonchev–Trinajstić information content (AvgIpc) is 2.37. The van der Waals surface area contributed by atoms with Crippen molar-refractivity contribution in [2.45, 2.75) is 6.54 Å². The van der Waals surface area contributed by atoms with Crippen molar-refractivity contribution < 1.29 is 13.6 Å². The maximum atomic E-state index is 13.4. The standard InChI is InChI=1S/C14H9Cl2F2NO/c15-9-2-1-8(12(16)5-9)7-19-14(20)11-4-3-10(17)6-13(11)18/h1-6H,7H2,(H,19,20). The fraction of sp³-hybridized carbons (Fsp3) is 0.0714. The highest BCUT2D eigenvalue weighted by Crippen LogP contribution is 2.21. The molecule has 0 bridgehead atoms. The molecule has 0 aliphatic heterocycles. The number of hydrogen-bond acceptors (Lipinski definition) is 1. The summed E-state index contributed by atoms with van der Waals surface area (Å²) >= 11 is 11.7. The Balaban J connectivity index is 2.08. The third-order valence-electron chi connectivity index (χ3n) is 2.63. The van der Waals surface area contributed by atoms with Crippen molar-refractivity contribution >= 4 is 29.1 Å². The van der Waals surface area contributed by atoms with Gasteiger partial charge < -0.3 is 5.32 Å².